The summed E-state index contributed by atoms with van der Waals surface area (Å²) < 4.78 is 64.3. The van der Waals surface area contributed by atoms with Gasteiger partial charge in [0.25, 0.3) is 5.91 Å². The van der Waals surface area contributed by atoms with E-state index in [9.17, 15) is 19.5 Å². The molecule has 376 valence electrons. The molecule has 65 heavy (non-hydrogen) atoms. The Morgan fingerprint density at radius 1 is 0.677 bits per heavy atom. The largest absolute Gasteiger partial charge is 0.503 e. The van der Waals surface area contributed by atoms with Crippen molar-refractivity contribution in [3.63, 3.8) is 0 Å². The number of nitrogens with zero attached hydrogens (tertiary/aromatic N) is 1. The van der Waals surface area contributed by atoms with Crippen LogP contribution in [0, 0.1) is 35.5 Å². The highest BCUT2D eigenvalue weighted by Crippen LogP contribution is 2.28. The monoisotopic (exact) mass is 930 g/mol. The number of nitrogens with two attached hydrogens (primary N) is 1. The Hall–Kier alpha value is -3.20. The zero-order valence-electron chi connectivity index (χ0n) is 41.4. The Labute approximate surface area is 387 Å². The summed E-state index contributed by atoms with van der Waals surface area (Å²) in [5.41, 5.74) is 5.58. The smallest absolute Gasteiger partial charge is 0.331 e. The zero-order chi connectivity index (χ0) is 48.6. The summed E-state index contributed by atoms with van der Waals surface area (Å²) in [6, 6.07) is -0.580. The van der Waals surface area contributed by atoms with E-state index in [1.54, 1.807) is 0 Å². The van der Waals surface area contributed by atoms with Crippen molar-refractivity contribution >= 4 is 17.8 Å². The molecule has 4 N–H and O–H groups in total. The van der Waals surface area contributed by atoms with Crippen LogP contribution in [0.5, 0.6) is 11.5 Å². The number of nitrogens with one attached hydrogen (secondary N) is 1. The summed E-state index contributed by atoms with van der Waals surface area (Å²) in [5, 5.41) is 12.9. The SMILES string of the molecule is CC(C)COC[C@H]1OC(=O)[C@@H](N)COC[C@H](OCC(C)C)[C@H]1OCC(C)C.COc1ccnc(C(=O)N[C@H]2COC[C@H](OCC(C)C)[C@@H](OCC(C)C)[C@@H](COCC(C)C)OC2=O)c1O. The molecule has 18 nitrogen and oxygen atoms in total. The van der Waals surface area contributed by atoms with Gasteiger partial charge in [-0.2, -0.15) is 0 Å². The quantitative estimate of drug-likeness (QED) is 0.128. The van der Waals surface area contributed by atoms with Gasteiger partial charge in [-0.05, 0) is 35.5 Å². The molecule has 0 aromatic carbocycles. The lowest BCUT2D eigenvalue weighted by atomic mass is 10.1. The predicted molar refractivity (Wildman–Crippen MR) is 243 cm³/mol. The second-order valence-corrected chi connectivity index (χ2v) is 19.1. The fourth-order valence-corrected chi connectivity index (χ4v) is 6.17. The standard InChI is InChI=1S/C27H44N2O9.C20H39NO6/c1-16(2)10-34-15-22-25(37-12-18(5)6)21(36-11-17(3)4)14-35-13-19(27(32)38-22)29-26(31)23-24(30)20(33-7)8-9-28-23;1-13(2)7-23-12-18-19(26-9-15(5)6)17(25-8-14(3)4)11-24-10-16(21)20(22)27-18/h8-9,16-19,21-22,25,30H,10-15H2,1-7H3,(H,29,31);13-19H,7-12,21H2,1-6H3/t19-,21-,22+,25+;16-,17-,18+,19+/m00/s1. The molecule has 1 aromatic heterocycles. The lowest BCUT2D eigenvalue weighted by molar-refractivity contribution is -0.181. The molecule has 3 rings (SSSR count). The van der Waals surface area contributed by atoms with Crippen LogP contribution in [-0.2, 0) is 57.0 Å². The van der Waals surface area contributed by atoms with Gasteiger partial charge in [-0.15, -0.1) is 0 Å². The van der Waals surface area contributed by atoms with E-state index < -0.39 is 66.2 Å². The van der Waals surface area contributed by atoms with Crippen LogP contribution in [-0.4, -0.2) is 163 Å². The third kappa shape index (κ3) is 22.4. The van der Waals surface area contributed by atoms with Gasteiger partial charge in [-0.25, -0.2) is 9.78 Å². The molecule has 8 atom stereocenters. The average molecular weight is 930 g/mol. The second kappa shape index (κ2) is 31.0. The number of carbonyl (C=O) groups excluding carboxylic acids is 3. The van der Waals surface area contributed by atoms with Gasteiger partial charge in [0, 0.05) is 51.9 Å². The predicted octanol–water partition coefficient (Wildman–Crippen LogP) is 4.60. The Kier molecular flexibility index (Phi) is 27.6. The minimum Gasteiger partial charge on any atom is -0.503 e. The van der Waals surface area contributed by atoms with Crippen LogP contribution >= 0.6 is 0 Å². The molecule has 3 heterocycles. The number of hydrogen-bond donors (Lipinski definition) is 3. The van der Waals surface area contributed by atoms with Gasteiger partial charge in [0.05, 0.1) is 46.8 Å². The third-order valence-electron chi connectivity index (χ3n) is 9.36. The van der Waals surface area contributed by atoms with Gasteiger partial charge in [0.2, 0.25) is 0 Å². The van der Waals surface area contributed by atoms with Gasteiger partial charge in [-0.3, -0.25) is 9.59 Å². The highest BCUT2D eigenvalue weighted by Gasteiger charge is 2.40. The van der Waals surface area contributed by atoms with Gasteiger partial charge in [0.15, 0.2) is 35.4 Å². The first kappa shape index (κ1) is 57.9. The molecule has 2 aliphatic rings. The van der Waals surface area contributed by atoms with Crippen molar-refractivity contribution < 1.29 is 71.6 Å². The van der Waals surface area contributed by atoms with Gasteiger partial charge in [0.1, 0.15) is 30.5 Å². The van der Waals surface area contributed by atoms with E-state index in [0.29, 0.717) is 64.0 Å². The van der Waals surface area contributed by atoms with Crippen molar-refractivity contribution in [1.82, 2.24) is 10.3 Å². The molecule has 1 aromatic rings. The molecule has 0 bridgehead atoms. The summed E-state index contributed by atoms with van der Waals surface area (Å²) in [6.45, 7) is 28.3. The number of aromatic hydroxyl groups is 1. The summed E-state index contributed by atoms with van der Waals surface area (Å²) in [7, 11) is 1.36. The second-order valence-electron chi connectivity index (χ2n) is 19.1. The molecule has 0 aliphatic carbocycles. The zero-order valence-corrected chi connectivity index (χ0v) is 41.4. The van der Waals surface area contributed by atoms with Crippen LogP contribution in [0.15, 0.2) is 12.3 Å². The van der Waals surface area contributed by atoms with Gasteiger partial charge in [-0.1, -0.05) is 83.1 Å². The lowest BCUT2D eigenvalue weighted by Gasteiger charge is -2.33. The van der Waals surface area contributed by atoms with Crippen LogP contribution in [0.4, 0.5) is 0 Å². The van der Waals surface area contributed by atoms with Crippen molar-refractivity contribution in [3.05, 3.63) is 18.0 Å². The Bertz CT molecular complexity index is 1500. The van der Waals surface area contributed by atoms with Gasteiger partial charge >= 0.3 is 11.9 Å². The van der Waals surface area contributed by atoms with Gasteiger partial charge < -0.3 is 68.3 Å². The Morgan fingerprint density at radius 2 is 1.11 bits per heavy atom. The van der Waals surface area contributed by atoms with E-state index in [0.717, 1.165) is 0 Å². The number of ether oxygens (including phenoxy) is 11. The topological polar surface area (TPSA) is 224 Å². The molecule has 2 fully saturated rings. The molecular formula is C47H83N3O15. The van der Waals surface area contributed by atoms with Crippen molar-refractivity contribution in [2.75, 3.05) is 86.4 Å². The minimum atomic E-state index is -1.17. The first-order chi connectivity index (χ1) is 30.7. The number of esters is 2. The normalized spacial score (nSPS) is 24.7. The number of aromatic nitrogens is 1. The first-order valence-electron chi connectivity index (χ1n) is 23.2. The number of cyclic esters (lactones) is 2. The highest BCUT2D eigenvalue weighted by atomic mass is 16.6. The molecule has 1 amide bonds. The number of carbonyl (C=O) groups is 3. The minimum absolute atomic E-state index is 0.0797. The van der Waals surface area contributed by atoms with E-state index in [2.05, 4.69) is 51.8 Å². The summed E-state index contributed by atoms with van der Waals surface area (Å²) in [5.74, 6) is -0.502. The maximum Gasteiger partial charge on any atom is 0.331 e. The number of rotatable bonds is 23. The molecule has 0 saturated carbocycles. The van der Waals surface area contributed by atoms with Crippen LogP contribution in [0.2, 0.25) is 0 Å². The maximum atomic E-state index is 13.3. The molecular weight excluding hydrogens is 847 g/mol. The number of amides is 1. The van der Waals surface area contributed by atoms with Crippen molar-refractivity contribution in [2.45, 2.75) is 132 Å². The van der Waals surface area contributed by atoms with Crippen LogP contribution in [0.25, 0.3) is 0 Å². The fourth-order valence-electron chi connectivity index (χ4n) is 6.17. The first-order valence-corrected chi connectivity index (χ1v) is 23.2. The maximum absolute atomic E-state index is 13.3. The fraction of sp³-hybridized carbons (Fsp3) is 0.830. The summed E-state index contributed by atoms with van der Waals surface area (Å²) >= 11 is 0. The van der Waals surface area contributed by atoms with E-state index >= 15 is 0 Å². The average Bonchev–Trinajstić information content (AvgIpc) is 3.31. The van der Waals surface area contributed by atoms with Crippen LogP contribution < -0.4 is 15.8 Å². The molecule has 0 spiro atoms. The lowest BCUT2D eigenvalue weighted by Crippen LogP contribution is -2.50. The van der Waals surface area contributed by atoms with Crippen LogP contribution in [0.3, 0.4) is 0 Å². The van der Waals surface area contributed by atoms with E-state index in [-0.39, 0.29) is 68.3 Å². The van der Waals surface area contributed by atoms with Crippen LogP contribution in [0.1, 0.15) is 93.6 Å². The van der Waals surface area contributed by atoms with E-state index in [1.165, 1.54) is 19.4 Å². The number of pyridine rings is 1. The van der Waals surface area contributed by atoms with E-state index in [1.807, 2.05) is 41.5 Å². The molecule has 0 radical (unpaired) electrons. The molecule has 0 unspecified atom stereocenters. The Balaban J connectivity index is 0.000000474. The molecule has 18 heteroatoms. The Morgan fingerprint density at radius 3 is 1.55 bits per heavy atom. The van der Waals surface area contributed by atoms with Crippen molar-refractivity contribution in [3.8, 4) is 11.5 Å². The molecule has 2 saturated heterocycles. The van der Waals surface area contributed by atoms with E-state index in [4.69, 9.17) is 57.8 Å². The van der Waals surface area contributed by atoms with Crippen molar-refractivity contribution in [2.24, 2.45) is 41.2 Å². The van der Waals surface area contributed by atoms with Crippen molar-refractivity contribution in [1.29, 1.82) is 0 Å². The summed E-state index contributed by atoms with van der Waals surface area (Å²) in [4.78, 5) is 42.4. The summed E-state index contributed by atoms with van der Waals surface area (Å²) in [6.07, 6.45) is -2.10. The third-order valence-corrected chi connectivity index (χ3v) is 9.36. The molecule has 2 aliphatic heterocycles. The highest BCUT2D eigenvalue weighted by molar-refractivity contribution is 5.98. The number of methoxy groups -OCH3 is 1. The number of hydrogen-bond acceptors (Lipinski definition) is 17.